The van der Waals surface area contributed by atoms with Crippen LogP contribution in [-0.2, 0) is 10.0 Å². The van der Waals surface area contributed by atoms with Crippen molar-refractivity contribution in [3.05, 3.63) is 40.6 Å². The van der Waals surface area contributed by atoms with Gasteiger partial charge in [0.25, 0.3) is 0 Å². The average molecular weight is 312 g/mol. The summed E-state index contributed by atoms with van der Waals surface area (Å²) < 4.78 is 32.3. The molecule has 0 bridgehead atoms. The number of anilines is 1. The SMILES string of the molecule is COc1cc(S(=O)(=O)NC(C)c2ccsc2)ccc1N. The Morgan fingerprint density at radius 1 is 1.35 bits per heavy atom. The lowest BCUT2D eigenvalue weighted by Gasteiger charge is -2.14. The molecule has 1 atom stereocenters. The zero-order valence-corrected chi connectivity index (χ0v) is 12.8. The Hall–Kier alpha value is -1.57. The summed E-state index contributed by atoms with van der Waals surface area (Å²) in [7, 11) is -2.17. The number of nitrogen functional groups attached to an aromatic ring is 1. The zero-order chi connectivity index (χ0) is 14.8. The predicted octanol–water partition coefficient (Wildman–Crippen LogP) is 2.38. The number of methoxy groups -OCH3 is 1. The van der Waals surface area contributed by atoms with Crippen molar-refractivity contribution < 1.29 is 13.2 Å². The second kappa shape index (κ2) is 5.82. The summed E-state index contributed by atoms with van der Waals surface area (Å²) in [5.74, 6) is 0.344. The van der Waals surface area contributed by atoms with E-state index in [1.165, 1.54) is 36.6 Å². The van der Waals surface area contributed by atoms with Crippen LogP contribution in [0.5, 0.6) is 5.75 Å². The Kier molecular flexibility index (Phi) is 4.32. The fourth-order valence-corrected chi connectivity index (χ4v) is 3.75. The first-order chi connectivity index (χ1) is 9.44. The molecule has 5 nitrogen and oxygen atoms in total. The molecule has 0 radical (unpaired) electrons. The third kappa shape index (κ3) is 3.12. The van der Waals surface area contributed by atoms with Gasteiger partial charge >= 0.3 is 0 Å². The van der Waals surface area contributed by atoms with Crippen molar-refractivity contribution in [2.75, 3.05) is 12.8 Å². The van der Waals surface area contributed by atoms with Gasteiger partial charge in [-0.05, 0) is 41.4 Å². The van der Waals surface area contributed by atoms with Gasteiger partial charge in [-0.25, -0.2) is 13.1 Å². The normalized spacial score (nSPS) is 13.1. The average Bonchev–Trinajstić information content (AvgIpc) is 2.92. The monoisotopic (exact) mass is 312 g/mol. The second-order valence-corrected chi connectivity index (χ2v) is 6.80. The summed E-state index contributed by atoms with van der Waals surface area (Å²) in [5.41, 5.74) is 7.01. The first-order valence-corrected chi connectivity index (χ1v) is 8.34. The smallest absolute Gasteiger partial charge is 0.241 e. The van der Waals surface area contributed by atoms with Gasteiger partial charge < -0.3 is 10.5 Å². The zero-order valence-electron chi connectivity index (χ0n) is 11.2. The number of benzene rings is 1. The van der Waals surface area contributed by atoms with Crippen LogP contribution < -0.4 is 15.2 Å². The maximum absolute atomic E-state index is 12.3. The predicted molar refractivity (Wildman–Crippen MR) is 80.5 cm³/mol. The molecule has 0 fully saturated rings. The molecule has 20 heavy (non-hydrogen) atoms. The van der Waals surface area contributed by atoms with Gasteiger partial charge in [0.2, 0.25) is 10.0 Å². The lowest BCUT2D eigenvalue weighted by atomic mass is 10.2. The molecule has 1 unspecified atom stereocenters. The second-order valence-electron chi connectivity index (χ2n) is 4.30. The van der Waals surface area contributed by atoms with Crippen molar-refractivity contribution in [3.8, 4) is 5.75 Å². The van der Waals surface area contributed by atoms with Crippen LogP contribution in [0.2, 0.25) is 0 Å². The fourth-order valence-electron chi connectivity index (χ4n) is 1.75. The van der Waals surface area contributed by atoms with Crippen LogP contribution in [0.15, 0.2) is 39.9 Å². The van der Waals surface area contributed by atoms with Gasteiger partial charge in [-0.15, -0.1) is 0 Å². The molecule has 1 heterocycles. The molecular weight excluding hydrogens is 296 g/mol. The van der Waals surface area contributed by atoms with E-state index >= 15 is 0 Å². The number of thiophene rings is 1. The van der Waals surface area contributed by atoms with Crippen molar-refractivity contribution in [1.82, 2.24) is 4.72 Å². The van der Waals surface area contributed by atoms with E-state index in [0.29, 0.717) is 11.4 Å². The first-order valence-electron chi connectivity index (χ1n) is 5.92. The molecule has 0 amide bonds. The van der Waals surface area contributed by atoms with E-state index < -0.39 is 10.0 Å². The number of nitrogens with one attached hydrogen (secondary N) is 1. The van der Waals surface area contributed by atoms with Gasteiger partial charge in [-0.2, -0.15) is 11.3 Å². The number of ether oxygens (including phenoxy) is 1. The van der Waals surface area contributed by atoms with E-state index in [2.05, 4.69) is 4.72 Å². The third-order valence-electron chi connectivity index (χ3n) is 2.89. The van der Waals surface area contributed by atoms with Crippen LogP contribution in [0, 0.1) is 0 Å². The third-order valence-corrected chi connectivity index (χ3v) is 5.13. The Morgan fingerprint density at radius 3 is 2.70 bits per heavy atom. The highest BCUT2D eigenvalue weighted by atomic mass is 32.2. The molecule has 2 rings (SSSR count). The highest BCUT2D eigenvalue weighted by molar-refractivity contribution is 7.89. The Morgan fingerprint density at radius 2 is 2.10 bits per heavy atom. The van der Waals surface area contributed by atoms with Gasteiger partial charge in [0.05, 0.1) is 17.7 Å². The van der Waals surface area contributed by atoms with Gasteiger partial charge in [0, 0.05) is 12.1 Å². The van der Waals surface area contributed by atoms with E-state index in [-0.39, 0.29) is 10.9 Å². The number of rotatable bonds is 5. The summed E-state index contributed by atoms with van der Waals surface area (Å²) in [6.07, 6.45) is 0. The number of hydrogen-bond donors (Lipinski definition) is 2. The molecule has 1 aromatic carbocycles. The minimum Gasteiger partial charge on any atom is -0.495 e. The lowest BCUT2D eigenvalue weighted by Crippen LogP contribution is -2.26. The van der Waals surface area contributed by atoms with E-state index in [4.69, 9.17) is 10.5 Å². The van der Waals surface area contributed by atoms with Crippen LogP contribution in [0.25, 0.3) is 0 Å². The number of hydrogen-bond acceptors (Lipinski definition) is 5. The summed E-state index contributed by atoms with van der Waals surface area (Å²) >= 11 is 1.53. The maximum Gasteiger partial charge on any atom is 0.241 e. The molecule has 1 aromatic heterocycles. The quantitative estimate of drug-likeness (QED) is 0.831. The van der Waals surface area contributed by atoms with E-state index in [1.54, 1.807) is 6.92 Å². The van der Waals surface area contributed by atoms with E-state index in [1.807, 2.05) is 16.8 Å². The van der Waals surface area contributed by atoms with Gasteiger partial charge in [-0.1, -0.05) is 0 Å². The van der Waals surface area contributed by atoms with Gasteiger partial charge in [-0.3, -0.25) is 0 Å². The van der Waals surface area contributed by atoms with Crippen LogP contribution in [0.3, 0.4) is 0 Å². The fraction of sp³-hybridized carbons (Fsp3) is 0.231. The Balaban J connectivity index is 2.26. The molecule has 7 heteroatoms. The highest BCUT2D eigenvalue weighted by Gasteiger charge is 2.19. The van der Waals surface area contributed by atoms with E-state index in [0.717, 1.165) is 5.56 Å². The number of sulfonamides is 1. The molecular formula is C13H16N2O3S2. The van der Waals surface area contributed by atoms with Crippen LogP contribution in [0.4, 0.5) is 5.69 Å². The van der Waals surface area contributed by atoms with Crippen LogP contribution in [0.1, 0.15) is 18.5 Å². The Bertz CT molecular complexity index is 682. The van der Waals surface area contributed by atoms with Crippen molar-refractivity contribution in [1.29, 1.82) is 0 Å². The summed E-state index contributed by atoms with van der Waals surface area (Å²) in [6.45, 7) is 1.80. The maximum atomic E-state index is 12.3. The summed E-state index contributed by atoms with van der Waals surface area (Å²) in [5, 5.41) is 3.82. The van der Waals surface area contributed by atoms with Crippen molar-refractivity contribution in [2.24, 2.45) is 0 Å². The standard InChI is InChI=1S/C13H16N2O3S2/c1-9(10-5-6-19-8-10)15-20(16,17)11-3-4-12(14)13(7-11)18-2/h3-9,15H,14H2,1-2H3. The topological polar surface area (TPSA) is 81.4 Å². The van der Waals surface area contributed by atoms with Crippen LogP contribution in [-0.4, -0.2) is 15.5 Å². The van der Waals surface area contributed by atoms with Crippen molar-refractivity contribution >= 4 is 27.0 Å². The molecule has 2 aromatic rings. The lowest BCUT2D eigenvalue weighted by molar-refractivity contribution is 0.415. The molecule has 0 spiro atoms. The molecule has 0 saturated heterocycles. The molecule has 0 aliphatic heterocycles. The minimum absolute atomic E-state index is 0.130. The molecule has 3 N–H and O–H groups in total. The summed E-state index contributed by atoms with van der Waals surface area (Å²) in [6, 6.07) is 5.98. The van der Waals surface area contributed by atoms with Crippen molar-refractivity contribution in [3.63, 3.8) is 0 Å². The molecule has 0 saturated carbocycles. The molecule has 108 valence electrons. The first kappa shape index (κ1) is 14.8. The molecule has 0 aliphatic carbocycles. The summed E-state index contributed by atoms with van der Waals surface area (Å²) in [4.78, 5) is 0.130. The van der Waals surface area contributed by atoms with Crippen molar-refractivity contribution in [2.45, 2.75) is 17.9 Å². The van der Waals surface area contributed by atoms with Gasteiger partial charge in [0.1, 0.15) is 5.75 Å². The molecule has 0 aliphatic rings. The largest absolute Gasteiger partial charge is 0.495 e. The van der Waals surface area contributed by atoms with Crippen LogP contribution >= 0.6 is 11.3 Å². The highest BCUT2D eigenvalue weighted by Crippen LogP contribution is 2.26. The minimum atomic E-state index is -3.62. The number of nitrogens with two attached hydrogens (primary N) is 1. The van der Waals surface area contributed by atoms with E-state index in [9.17, 15) is 8.42 Å². The van der Waals surface area contributed by atoms with Gasteiger partial charge in [0.15, 0.2) is 0 Å². The Labute approximate surface area is 122 Å².